The molecule has 2 aliphatic carbocycles. The fourth-order valence-electron chi connectivity index (χ4n) is 4.33. The van der Waals surface area contributed by atoms with Crippen LogP contribution in [0, 0.1) is 5.92 Å². The van der Waals surface area contributed by atoms with E-state index in [1.807, 2.05) is 22.7 Å². The SMILES string of the molecule is CC1CCc2nc3sc4c(c3c(-c3cccs3)c2C1)CCCC4.Cl. The lowest BCUT2D eigenvalue weighted by atomic mass is 9.83. The van der Waals surface area contributed by atoms with E-state index in [1.165, 1.54) is 59.3 Å². The Bertz CT molecular complexity index is 879. The number of rotatable bonds is 1. The topological polar surface area (TPSA) is 12.9 Å². The summed E-state index contributed by atoms with van der Waals surface area (Å²) in [6.07, 6.45) is 8.87. The predicted octanol–water partition coefficient (Wildman–Crippen LogP) is 6.45. The van der Waals surface area contributed by atoms with Gasteiger partial charge in [0.25, 0.3) is 0 Å². The molecule has 0 saturated heterocycles. The van der Waals surface area contributed by atoms with Crippen molar-refractivity contribution in [1.82, 2.24) is 4.98 Å². The van der Waals surface area contributed by atoms with Crippen LogP contribution in [0.2, 0.25) is 0 Å². The van der Waals surface area contributed by atoms with E-state index in [0.29, 0.717) is 0 Å². The first kappa shape index (κ1) is 16.6. The van der Waals surface area contributed by atoms with Gasteiger partial charge in [-0.05, 0) is 73.4 Å². The van der Waals surface area contributed by atoms with E-state index in [0.717, 1.165) is 12.3 Å². The Labute approximate surface area is 157 Å². The van der Waals surface area contributed by atoms with Crippen LogP contribution in [0.3, 0.4) is 0 Å². The second-order valence-electron chi connectivity index (χ2n) is 7.13. The highest BCUT2D eigenvalue weighted by molar-refractivity contribution is 7.19. The van der Waals surface area contributed by atoms with Crippen LogP contribution in [0.1, 0.15) is 47.9 Å². The van der Waals surface area contributed by atoms with Crippen molar-refractivity contribution >= 4 is 45.3 Å². The molecule has 0 saturated carbocycles. The molecular weight excluding hydrogens is 354 g/mol. The van der Waals surface area contributed by atoms with Gasteiger partial charge >= 0.3 is 0 Å². The molecule has 5 rings (SSSR count). The second kappa shape index (κ2) is 6.44. The van der Waals surface area contributed by atoms with Crippen LogP contribution >= 0.6 is 35.1 Å². The van der Waals surface area contributed by atoms with Crippen LogP contribution in [0.5, 0.6) is 0 Å². The molecule has 3 heterocycles. The minimum Gasteiger partial charge on any atom is -0.242 e. The van der Waals surface area contributed by atoms with Crippen LogP contribution < -0.4 is 0 Å². The van der Waals surface area contributed by atoms with Gasteiger partial charge in [0, 0.05) is 26.4 Å². The van der Waals surface area contributed by atoms with E-state index in [4.69, 9.17) is 4.98 Å². The Morgan fingerprint density at radius 2 is 2.00 bits per heavy atom. The van der Waals surface area contributed by atoms with E-state index in [-0.39, 0.29) is 12.4 Å². The van der Waals surface area contributed by atoms with Gasteiger partial charge in [-0.2, -0.15) is 0 Å². The minimum atomic E-state index is 0. The number of pyridine rings is 1. The largest absolute Gasteiger partial charge is 0.242 e. The first-order chi connectivity index (χ1) is 11.3. The summed E-state index contributed by atoms with van der Waals surface area (Å²) in [4.78, 5) is 9.53. The van der Waals surface area contributed by atoms with E-state index in [9.17, 15) is 0 Å². The van der Waals surface area contributed by atoms with Gasteiger partial charge in [-0.3, -0.25) is 0 Å². The van der Waals surface area contributed by atoms with Crippen molar-refractivity contribution in [1.29, 1.82) is 0 Å². The molecule has 126 valence electrons. The van der Waals surface area contributed by atoms with Crippen LogP contribution in [-0.2, 0) is 25.7 Å². The van der Waals surface area contributed by atoms with Gasteiger partial charge in [-0.1, -0.05) is 13.0 Å². The highest BCUT2D eigenvalue weighted by Crippen LogP contribution is 2.45. The molecule has 1 nitrogen and oxygen atoms in total. The third kappa shape index (κ3) is 2.53. The number of thiophene rings is 2. The van der Waals surface area contributed by atoms with Crippen molar-refractivity contribution in [2.45, 2.75) is 51.9 Å². The molecule has 0 bridgehead atoms. The molecule has 3 aromatic rings. The molecule has 0 radical (unpaired) electrons. The monoisotopic (exact) mass is 375 g/mol. The summed E-state index contributed by atoms with van der Waals surface area (Å²) in [5.74, 6) is 0.787. The maximum absolute atomic E-state index is 5.15. The molecular formula is C20H22ClNS2. The van der Waals surface area contributed by atoms with Crippen LogP contribution in [0.25, 0.3) is 20.7 Å². The number of nitrogens with zero attached hydrogens (tertiary/aromatic N) is 1. The van der Waals surface area contributed by atoms with Gasteiger partial charge in [-0.25, -0.2) is 4.98 Å². The molecule has 24 heavy (non-hydrogen) atoms. The highest BCUT2D eigenvalue weighted by atomic mass is 35.5. The lowest BCUT2D eigenvalue weighted by Gasteiger charge is -2.24. The minimum absolute atomic E-state index is 0. The van der Waals surface area contributed by atoms with E-state index >= 15 is 0 Å². The molecule has 0 aliphatic heterocycles. The molecule has 0 aromatic carbocycles. The Hall–Kier alpha value is -0.900. The summed E-state index contributed by atoms with van der Waals surface area (Å²) in [6, 6.07) is 4.51. The van der Waals surface area contributed by atoms with Gasteiger partial charge in [0.1, 0.15) is 4.83 Å². The van der Waals surface area contributed by atoms with Crippen molar-refractivity contribution in [3.05, 3.63) is 39.2 Å². The fourth-order valence-corrected chi connectivity index (χ4v) is 6.42. The summed E-state index contributed by atoms with van der Waals surface area (Å²) in [7, 11) is 0. The van der Waals surface area contributed by atoms with Crippen molar-refractivity contribution in [2.24, 2.45) is 5.92 Å². The average molecular weight is 376 g/mol. The molecule has 2 aliphatic rings. The molecule has 1 atom stereocenters. The zero-order valence-corrected chi connectivity index (χ0v) is 16.4. The quantitative estimate of drug-likeness (QED) is 0.476. The van der Waals surface area contributed by atoms with Crippen molar-refractivity contribution in [3.63, 3.8) is 0 Å². The predicted molar refractivity (Wildman–Crippen MR) is 108 cm³/mol. The Balaban J connectivity index is 0.00000146. The lowest BCUT2D eigenvalue weighted by Crippen LogP contribution is -2.14. The van der Waals surface area contributed by atoms with E-state index in [2.05, 4.69) is 24.4 Å². The van der Waals surface area contributed by atoms with Crippen molar-refractivity contribution in [2.75, 3.05) is 0 Å². The second-order valence-corrected chi connectivity index (χ2v) is 9.16. The average Bonchev–Trinajstić information content (AvgIpc) is 3.20. The normalized spacial score (nSPS) is 19.6. The molecule has 0 spiro atoms. The molecule has 0 amide bonds. The molecule has 3 aromatic heterocycles. The molecule has 0 fully saturated rings. The maximum atomic E-state index is 5.15. The van der Waals surface area contributed by atoms with Crippen LogP contribution in [0.15, 0.2) is 17.5 Å². The Kier molecular flexibility index (Phi) is 4.44. The van der Waals surface area contributed by atoms with E-state index in [1.54, 1.807) is 21.6 Å². The van der Waals surface area contributed by atoms with Gasteiger partial charge in [-0.15, -0.1) is 35.1 Å². The first-order valence-electron chi connectivity index (χ1n) is 8.81. The van der Waals surface area contributed by atoms with Gasteiger partial charge < -0.3 is 0 Å². The summed E-state index contributed by atoms with van der Waals surface area (Å²) >= 11 is 3.87. The van der Waals surface area contributed by atoms with Crippen molar-refractivity contribution < 1.29 is 0 Å². The standard InChI is InChI=1S/C20H21NS2.ClH/c1-12-8-9-15-14(11-12)18(17-7-4-10-22-17)19-13-5-2-3-6-16(13)23-20(19)21-15;/h4,7,10,12H,2-3,5-6,8-9,11H2,1H3;1H. The number of hydrogen-bond acceptors (Lipinski definition) is 3. The summed E-state index contributed by atoms with van der Waals surface area (Å²) in [5.41, 5.74) is 6.13. The van der Waals surface area contributed by atoms with Crippen LogP contribution in [-0.4, -0.2) is 4.98 Å². The Morgan fingerprint density at radius 1 is 1.12 bits per heavy atom. The van der Waals surface area contributed by atoms with Crippen LogP contribution in [0.4, 0.5) is 0 Å². The summed E-state index contributed by atoms with van der Waals surface area (Å²) < 4.78 is 0. The third-order valence-corrected chi connectivity index (χ3v) is 7.56. The molecule has 0 N–H and O–H groups in total. The highest BCUT2D eigenvalue weighted by Gasteiger charge is 2.27. The van der Waals surface area contributed by atoms with Gasteiger partial charge in [0.15, 0.2) is 0 Å². The smallest absolute Gasteiger partial charge is 0.124 e. The zero-order chi connectivity index (χ0) is 15.4. The molecule has 4 heteroatoms. The first-order valence-corrected chi connectivity index (χ1v) is 10.5. The number of hydrogen-bond donors (Lipinski definition) is 0. The lowest BCUT2D eigenvalue weighted by molar-refractivity contribution is 0.496. The maximum Gasteiger partial charge on any atom is 0.124 e. The van der Waals surface area contributed by atoms with E-state index < -0.39 is 0 Å². The van der Waals surface area contributed by atoms with Gasteiger partial charge in [0.05, 0.1) is 0 Å². The van der Waals surface area contributed by atoms with Gasteiger partial charge in [0.2, 0.25) is 0 Å². The number of aromatic nitrogens is 1. The zero-order valence-electron chi connectivity index (χ0n) is 13.9. The number of fused-ring (bicyclic) bond motifs is 4. The third-order valence-electron chi connectivity index (χ3n) is 5.48. The number of halogens is 1. The van der Waals surface area contributed by atoms with Crippen molar-refractivity contribution in [3.8, 4) is 10.4 Å². The Morgan fingerprint density at radius 3 is 2.83 bits per heavy atom. The fraction of sp³-hybridized carbons (Fsp3) is 0.450. The summed E-state index contributed by atoms with van der Waals surface area (Å²) in [6.45, 7) is 2.40. The molecule has 1 unspecified atom stereocenters. The summed E-state index contributed by atoms with van der Waals surface area (Å²) in [5, 5.41) is 3.74. The number of aryl methyl sites for hydroxylation is 3.